The minimum absolute atomic E-state index is 0.0460. The predicted octanol–water partition coefficient (Wildman–Crippen LogP) is 3.29. The third-order valence-corrected chi connectivity index (χ3v) is 11.1. The summed E-state index contributed by atoms with van der Waals surface area (Å²) in [5.41, 5.74) is 1.75. The maximum Gasteiger partial charge on any atom is 0.200 e. The second kappa shape index (κ2) is 7.55. The molecule has 1 aliphatic carbocycles. The first-order chi connectivity index (χ1) is 9.70. The fourth-order valence-corrected chi connectivity index (χ4v) is 9.37. The van der Waals surface area contributed by atoms with Crippen LogP contribution < -0.4 is 0 Å². The lowest BCUT2D eigenvalue weighted by molar-refractivity contribution is -0.143. The zero-order valence-electron chi connectivity index (χ0n) is 14.6. The van der Waals surface area contributed by atoms with Crippen molar-refractivity contribution in [1.82, 2.24) is 0 Å². The van der Waals surface area contributed by atoms with Crippen LogP contribution in [0.2, 0.25) is 16.6 Å². The minimum Gasteiger partial charge on any atom is -0.416 e. The smallest absolute Gasteiger partial charge is 0.200 e. The SMILES string of the molecule is CC(C)[Si](OCCC1CC1(O)OCCO)(C(C)C)C(C)C. The van der Waals surface area contributed by atoms with E-state index in [2.05, 4.69) is 41.5 Å². The molecule has 5 heteroatoms. The number of aliphatic hydroxyl groups excluding tert-OH is 1. The van der Waals surface area contributed by atoms with Crippen molar-refractivity contribution in [1.29, 1.82) is 0 Å². The lowest BCUT2D eigenvalue weighted by Crippen LogP contribution is -2.48. The third-order valence-electron chi connectivity index (χ3n) is 4.99. The van der Waals surface area contributed by atoms with Gasteiger partial charge in [-0.3, -0.25) is 0 Å². The van der Waals surface area contributed by atoms with E-state index in [1.165, 1.54) is 0 Å². The molecule has 126 valence electrons. The Bertz CT molecular complexity index is 298. The summed E-state index contributed by atoms with van der Waals surface area (Å²) in [6.45, 7) is 14.6. The summed E-state index contributed by atoms with van der Waals surface area (Å²) < 4.78 is 11.8. The Morgan fingerprint density at radius 2 is 1.57 bits per heavy atom. The van der Waals surface area contributed by atoms with Gasteiger partial charge in [-0.05, 0) is 23.0 Å². The van der Waals surface area contributed by atoms with E-state index in [-0.39, 0.29) is 19.1 Å². The maximum atomic E-state index is 10.1. The molecule has 0 aliphatic heterocycles. The Morgan fingerprint density at radius 3 is 2.00 bits per heavy atom. The molecular formula is C16H34O4Si. The fraction of sp³-hybridized carbons (Fsp3) is 1.00. The standard InChI is InChI=1S/C16H34O4Si/c1-12(2)21(13(3)4,14(5)6)20-9-7-15-11-16(15,18)19-10-8-17/h12-15,17-18H,7-11H2,1-6H3. The first kappa shape index (κ1) is 19.1. The average Bonchev–Trinajstić information content (AvgIpc) is 3.02. The van der Waals surface area contributed by atoms with Crippen LogP contribution in [0.3, 0.4) is 0 Å². The van der Waals surface area contributed by atoms with Crippen LogP contribution >= 0.6 is 0 Å². The molecule has 1 rings (SSSR count). The van der Waals surface area contributed by atoms with Gasteiger partial charge in [-0.2, -0.15) is 0 Å². The lowest BCUT2D eigenvalue weighted by atomic mass is 10.3. The molecule has 0 heterocycles. The zero-order valence-corrected chi connectivity index (χ0v) is 15.6. The molecule has 0 aromatic carbocycles. The topological polar surface area (TPSA) is 58.9 Å². The average molecular weight is 319 g/mol. The Morgan fingerprint density at radius 1 is 1.05 bits per heavy atom. The summed E-state index contributed by atoms with van der Waals surface area (Å²) >= 11 is 0. The van der Waals surface area contributed by atoms with Crippen molar-refractivity contribution in [2.24, 2.45) is 5.92 Å². The molecule has 0 bridgehead atoms. The van der Waals surface area contributed by atoms with E-state index in [0.29, 0.717) is 29.7 Å². The zero-order chi connectivity index (χ0) is 16.3. The Balaban J connectivity index is 2.49. The van der Waals surface area contributed by atoms with Crippen molar-refractivity contribution < 1.29 is 19.4 Å². The molecule has 0 radical (unpaired) electrons. The summed E-state index contributed by atoms with van der Waals surface area (Å²) in [6, 6.07) is 0. The summed E-state index contributed by atoms with van der Waals surface area (Å²) in [6.07, 6.45) is 1.50. The van der Waals surface area contributed by atoms with E-state index in [1.807, 2.05) is 0 Å². The van der Waals surface area contributed by atoms with Crippen molar-refractivity contribution in [3.05, 3.63) is 0 Å². The minimum atomic E-state index is -1.80. The van der Waals surface area contributed by atoms with Crippen LogP contribution in [0.25, 0.3) is 0 Å². The van der Waals surface area contributed by atoms with Crippen LogP contribution in [-0.2, 0) is 9.16 Å². The summed E-state index contributed by atoms with van der Waals surface area (Å²) in [4.78, 5) is 0. The lowest BCUT2D eigenvalue weighted by Gasteiger charge is -2.42. The van der Waals surface area contributed by atoms with Gasteiger partial charge in [0, 0.05) is 18.9 Å². The maximum absolute atomic E-state index is 10.1. The van der Waals surface area contributed by atoms with Crippen molar-refractivity contribution in [3.8, 4) is 0 Å². The van der Waals surface area contributed by atoms with Crippen LogP contribution in [0.5, 0.6) is 0 Å². The van der Waals surface area contributed by atoms with Gasteiger partial charge in [-0.1, -0.05) is 41.5 Å². The molecule has 0 saturated heterocycles. The number of hydrogen-bond donors (Lipinski definition) is 2. The predicted molar refractivity (Wildman–Crippen MR) is 87.7 cm³/mol. The van der Waals surface area contributed by atoms with Crippen molar-refractivity contribution in [2.45, 2.75) is 76.8 Å². The van der Waals surface area contributed by atoms with Gasteiger partial charge in [-0.25, -0.2) is 0 Å². The molecule has 1 saturated carbocycles. The molecule has 2 unspecified atom stereocenters. The monoisotopic (exact) mass is 318 g/mol. The summed E-state index contributed by atoms with van der Waals surface area (Å²) in [7, 11) is -1.80. The van der Waals surface area contributed by atoms with Crippen molar-refractivity contribution in [3.63, 3.8) is 0 Å². The van der Waals surface area contributed by atoms with Crippen molar-refractivity contribution in [2.75, 3.05) is 19.8 Å². The highest BCUT2D eigenvalue weighted by Gasteiger charge is 2.54. The van der Waals surface area contributed by atoms with Gasteiger partial charge in [0.1, 0.15) is 0 Å². The molecule has 0 amide bonds. The highest BCUT2D eigenvalue weighted by atomic mass is 28.4. The fourth-order valence-electron chi connectivity index (χ4n) is 3.90. The second-order valence-corrected chi connectivity index (χ2v) is 12.7. The highest BCUT2D eigenvalue weighted by molar-refractivity contribution is 6.77. The molecule has 21 heavy (non-hydrogen) atoms. The molecule has 0 aromatic heterocycles. The van der Waals surface area contributed by atoms with Gasteiger partial charge in [0.15, 0.2) is 14.1 Å². The number of ether oxygens (including phenoxy) is 1. The van der Waals surface area contributed by atoms with E-state index in [0.717, 1.165) is 6.42 Å². The number of aliphatic hydroxyl groups is 2. The van der Waals surface area contributed by atoms with Crippen LogP contribution in [-0.4, -0.2) is 44.1 Å². The Labute approximate surface area is 131 Å². The van der Waals surface area contributed by atoms with E-state index >= 15 is 0 Å². The largest absolute Gasteiger partial charge is 0.416 e. The summed E-state index contributed by atoms with van der Waals surface area (Å²) in [5.74, 6) is -0.855. The number of hydrogen-bond acceptors (Lipinski definition) is 4. The van der Waals surface area contributed by atoms with Gasteiger partial charge < -0.3 is 19.4 Å². The van der Waals surface area contributed by atoms with Gasteiger partial charge in [-0.15, -0.1) is 0 Å². The Hall–Kier alpha value is 0.0569. The molecule has 2 atom stereocenters. The highest BCUT2D eigenvalue weighted by Crippen LogP contribution is 2.48. The first-order valence-corrected chi connectivity index (χ1v) is 10.5. The van der Waals surface area contributed by atoms with E-state index in [1.54, 1.807) is 0 Å². The van der Waals surface area contributed by atoms with Gasteiger partial charge >= 0.3 is 0 Å². The number of rotatable bonds is 10. The molecule has 1 aliphatic rings. The summed E-state index contributed by atoms with van der Waals surface area (Å²) in [5, 5.41) is 18.9. The van der Waals surface area contributed by atoms with E-state index < -0.39 is 14.1 Å². The molecule has 2 N–H and O–H groups in total. The quantitative estimate of drug-likeness (QED) is 0.479. The molecule has 0 spiro atoms. The van der Waals surface area contributed by atoms with Crippen LogP contribution in [0.15, 0.2) is 0 Å². The second-order valence-electron chi connectivity index (χ2n) is 7.27. The van der Waals surface area contributed by atoms with Crippen LogP contribution in [0, 0.1) is 5.92 Å². The first-order valence-electron chi connectivity index (χ1n) is 8.31. The normalized spacial score (nSPS) is 26.1. The van der Waals surface area contributed by atoms with Gasteiger partial charge in [0.05, 0.1) is 13.2 Å². The van der Waals surface area contributed by atoms with E-state index in [9.17, 15) is 5.11 Å². The van der Waals surface area contributed by atoms with Gasteiger partial charge in [0.2, 0.25) is 0 Å². The molecule has 4 nitrogen and oxygen atoms in total. The Kier molecular flexibility index (Phi) is 6.87. The molecular weight excluding hydrogens is 284 g/mol. The molecule has 1 fully saturated rings. The van der Waals surface area contributed by atoms with Crippen LogP contribution in [0.1, 0.15) is 54.4 Å². The van der Waals surface area contributed by atoms with Gasteiger partial charge in [0.25, 0.3) is 0 Å². The molecule has 0 aromatic rings. The van der Waals surface area contributed by atoms with E-state index in [4.69, 9.17) is 14.3 Å². The van der Waals surface area contributed by atoms with Crippen molar-refractivity contribution >= 4 is 8.32 Å². The third kappa shape index (κ3) is 4.29. The van der Waals surface area contributed by atoms with Crippen LogP contribution in [0.4, 0.5) is 0 Å².